The molecule has 0 atom stereocenters. The smallest absolute Gasteiger partial charge is 0.375 e. The van der Waals surface area contributed by atoms with E-state index in [1.807, 2.05) is 29.6 Å². The van der Waals surface area contributed by atoms with Crippen molar-refractivity contribution in [2.45, 2.75) is 19.3 Å². The SMILES string of the molecule is COc1ccc2c(c1)/C(=N\OC(=O)c1cccs1)CCC2. The number of carbonyl (C=O) groups is 1. The monoisotopic (exact) mass is 301 g/mol. The van der Waals surface area contributed by atoms with Gasteiger partial charge in [0.2, 0.25) is 0 Å². The van der Waals surface area contributed by atoms with Gasteiger partial charge in [0.05, 0.1) is 12.8 Å². The van der Waals surface area contributed by atoms with Crippen LogP contribution in [0.4, 0.5) is 0 Å². The lowest BCUT2D eigenvalue weighted by Gasteiger charge is -2.17. The van der Waals surface area contributed by atoms with E-state index in [9.17, 15) is 4.79 Å². The highest BCUT2D eigenvalue weighted by Crippen LogP contribution is 2.26. The fourth-order valence-corrected chi connectivity index (χ4v) is 2.98. The maximum absolute atomic E-state index is 11.8. The van der Waals surface area contributed by atoms with Crippen LogP contribution in [0.5, 0.6) is 5.75 Å². The number of thiophene rings is 1. The van der Waals surface area contributed by atoms with E-state index in [2.05, 4.69) is 5.16 Å². The van der Waals surface area contributed by atoms with Gasteiger partial charge in [0, 0.05) is 5.56 Å². The predicted molar refractivity (Wildman–Crippen MR) is 82.2 cm³/mol. The van der Waals surface area contributed by atoms with Gasteiger partial charge in [-0.05, 0) is 48.4 Å². The zero-order valence-electron chi connectivity index (χ0n) is 11.7. The van der Waals surface area contributed by atoms with Crippen molar-refractivity contribution < 1.29 is 14.4 Å². The Labute approximate surface area is 127 Å². The Morgan fingerprint density at radius 1 is 1.29 bits per heavy atom. The third-order valence-corrected chi connectivity index (χ3v) is 4.30. The third-order valence-electron chi connectivity index (χ3n) is 3.45. The van der Waals surface area contributed by atoms with Crippen molar-refractivity contribution in [1.82, 2.24) is 0 Å². The second kappa shape index (κ2) is 6.10. The fraction of sp³-hybridized carbons (Fsp3) is 0.250. The first-order valence-electron chi connectivity index (χ1n) is 6.77. The number of fused-ring (bicyclic) bond motifs is 1. The van der Waals surface area contributed by atoms with E-state index < -0.39 is 5.97 Å². The number of oxime groups is 1. The number of ether oxygens (including phenoxy) is 1. The van der Waals surface area contributed by atoms with Gasteiger partial charge in [0.1, 0.15) is 10.6 Å². The summed E-state index contributed by atoms with van der Waals surface area (Å²) in [5.74, 6) is 0.375. The summed E-state index contributed by atoms with van der Waals surface area (Å²) in [6.45, 7) is 0. The summed E-state index contributed by atoms with van der Waals surface area (Å²) in [4.78, 5) is 17.5. The lowest BCUT2D eigenvalue weighted by molar-refractivity contribution is 0.0521. The molecule has 0 aliphatic heterocycles. The molecule has 0 bridgehead atoms. The average Bonchev–Trinajstić information content (AvgIpc) is 3.06. The van der Waals surface area contributed by atoms with Gasteiger partial charge in [-0.25, -0.2) is 4.79 Å². The van der Waals surface area contributed by atoms with E-state index >= 15 is 0 Å². The third kappa shape index (κ3) is 2.97. The Bertz CT molecular complexity index is 677. The van der Waals surface area contributed by atoms with Crippen LogP contribution in [0.1, 0.15) is 33.6 Å². The molecule has 1 aliphatic rings. The van der Waals surface area contributed by atoms with Crippen LogP contribution >= 0.6 is 11.3 Å². The molecule has 0 radical (unpaired) electrons. The molecule has 0 spiro atoms. The normalized spacial score (nSPS) is 15.6. The van der Waals surface area contributed by atoms with Crippen LogP contribution in [0, 0.1) is 0 Å². The molecule has 4 nitrogen and oxygen atoms in total. The van der Waals surface area contributed by atoms with Crippen LogP contribution in [0.2, 0.25) is 0 Å². The minimum absolute atomic E-state index is 0.410. The molecule has 0 saturated heterocycles. The molecule has 5 heteroatoms. The van der Waals surface area contributed by atoms with Gasteiger partial charge >= 0.3 is 5.97 Å². The van der Waals surface area contributed by atoms with Crippen LogP contribution in [-0.4, -0.2) is 18.8 Å². The van der Waals surface area contributed by atoms with E-state index in [1.165, 1.54) is 16.9 Å². The van der Waals surface area contributed by atoms with Crippen molar-refractivity contribution in [2.75, 3.05) is 7.11 Å². The predicted octanol–water partition coefficient (Wildman–Crippen LogP) is 3.65. The van der Waals surface area contributed by atoms with Crippen molar-refractivity contribution >= 4 is 23.0 Å². The zero-order valence-corrected chi connectivity index (χ0v) is 12.5. The molecule has 1 aromatic heterocycles. The zero-order chi connectivity index (χ0) is 14.7. The maximum atomic E-state index is 11.8. The number of hydrogen-bond donors (Lipinski definition) is 0. The standard InChI is InChI=1S/C16H15NO3S/c1-19-12-8-7-11-4-2-5-14(13(11)10-12)17-20-16(18)15-6-3-9-21-15/h3,6-10H,2,4-5H2,1H3/b17-14-. The van der Waals surface area contributed by atoms with E-state index in [4.69, 9.17) is 9.57 Å². The van der Waals surface area contributed by atoms with Gasteiger partial charge in [0.25, 0.3) is 0 Å². The first-order chi connectivity index (χ1) is 10.3. The first kappa shape index (κ1) is 13.8. The topological polar surface area (TPSA) is 47.9 Å². The van der Waals surface area contributed by atoms with E-state index in [1.54, 1.807) is 13.2 Å². The van der Waals surface area contributed by atoms with Crippen molar-refractivity contribution in [2.24, 2.45) is 5.16 Å². The Hall–Kier alpha value is -2.14. The molecule has 0 saturated carbocycles. The van der Waals surface area contributed by atoms with E-state index in [0.29, 0.717) is 4.88 Å². The van der Waals surface area contributed by atoms with Gasteiger partial charge in [-0.2, -0.15) is 0 Å². The maximum Gasteiger partial charge on any atom is 0.375 e. The van der Waals surface area contributed by atoms with Crippen molar-refractivity contribution in [3.8, 4) is 5.75 Å². The second-order valence-corrected chi connectivity index (χ2v) is 5.72. The summed E-state index contributed by atoms with van der Waals surface area (Å²) in [6, 6.07) is 9.48. The number of rotatable bonds is 3. The quantitative estimate of drug-likeness (QED) is 0.642. The first-order valence-corrected chi connectivity index (χ1v) is 7.65. The molecule has 1 heterocycles. The second-order valence-electron chi connectivity index (χ2n) is 4.77. The molecule has 2 aromatic rings. The van der Waals surface area contributed by atoms with Gasteiger partial charge < -0.3 is 9.57 Å². The average molecular weight is 301 g/mol. The number of hydrogen-bond acceptors (Lipinski definition) is 5. The van der Waals surface area contributed by atoms with Gasteiger partial charge in [-0.1, -0.05) is 17.3 Å². The Morgan fingerprint density at radius 3 is 2.95 bits per heavy atom. The largest absolute Gasteiger partial charge is 0.497 e. The molecule has 21 heavy (non-hydrogen) atoms. The van der Waals surface area contributed by atoms with Crippen LogP contribution in [0.15, 0.2) is 40.9 Å². The summed E-state index contributed by atoms with van der Waals surface area (Å²) >= 11 is 1.35. The Balaban J connectivity index is 1.84. The summed E-state index contributed by atoms with van der Waals surface area (Å²) in [5, 5.41) is 5.91. The summed E-state index contributed by atoms with van der Waals surface area (Å²) in [6.07, 6.45) is 2.82. The van der Waals surface area contributed by atoms with E-state index in [-0.39, 0.29) is 0 Å². The summed E-state index contributed by atoms with van der Waals surface area (Å²) < 4.78 is 5.25. The van der Waals surface area contributed by atoms with Crippen LogP contribution < -0.4 is 4.74 Å². The molecule has 108 valence electrons. The number of carbonyl (C=O) groups excluding carboxylic acids is 1. The van der Waals surface area contributed by atoms with Crippen LogP contribution in [0.3, 0.4) is 0 Å². The van der Waals surface area contributed by atoms with Gasteiger partial charge in [-0.3, -0.25) is 0 Å². The molecule has 0 N–H and O–H groups in total. The highest BCUT2D eigenvalue weighted by Gasteiger charge is 2.18. The number of methoxy groups -OCH3 is 1. The highest BCUT2D eigenvalue weighted by atomic mass is 32.1. The number of nitrogens with zero attached hydrogens (tertiary/aromatic N) is 1. The Morgan fingerprint density at radius 2 is 2.19 bits per heavy atom. The van der Waals surface area contributed by atoms with Crippen molar-refractivity contribution in [3.63, 3.8) is 0 Å². The van der Waals surface area contributed by atoms with E-state index in [0.717, 1.165) is 36.3 Å². The molecule has 1 aromatic carbocycles. The van der Waals surface area contributed by atoms with Crippen LogP contribution in [0.25, 0.3) is 0 Å². The molecule has 3 rings (SSSR count). The lowest BCUT2D eigenvalue weighted by atomic mass is 9.90. The molecule has 0 unspecified atom stereocenters. The number of benzene rings is 1. The molecular weight excluding hydrogens is 286 g/mol. The molecule has 0 amide bonds. The Kier molecular flexibility index (Phi) is 4.01. The fourth-order valence-electron chi connectivity index (χ4n) is 2.38. The minimum Gasteiger partial charge on any atom is -0.497 e. The summed E-state index contributed by atoms with van der Waals surface area (Å²) in [5.41, 5.74) is 3.03. The van der Waals surface area contributed by atoms with Gasteiger partial charge in [0.15, 0.2) is 0 Å². The molecular formula is C16H15NO3S. The van der Waals surface area contributed by atoms with Crippen LogP contribution in [-0.2, 0) is 11.3 Å². The van der Waals surface area contributed by atoms with Crippen molar-refractivity contribution in [1.29, 1.82) is 0 Å². The number of aryl methyl sites for hydroxylation is 1. The molecule has 1 aliphatic carbocycles. The minimum atomic E-state index is -0.410. The van der Waals surface area contributed by atoms with Gasteiger partial charge in [-0.15, -0.1) is 11.3 Å². The lowest BCUT2D eigenvalue weighted by Crippen LogP contribution is -2.13. The highest BCUT2D eigenvalue weighted by molar-refractivity contribution is 7.11. The summed E-state index contributed by atoms with van der Waals surface area (Å²) in [7, 11) is 1.64. The van der Waals surface area contributed by atoms with Crippen molar-refractivity contribution in [3.05, 3.63) is 51.7 Å². The molecule has 0 fully saturated rings.